The molecule has 0 saturated heterocycles. The Kier molecular flexibility index (Phi) is 5.00. The maximum absolute atomic E-state index is 12.7. The van der Waals surface area contributed by atoms with Crippen LogP contribution in [0.4, 0.5) is 18.9 Å². The second-order valence-electron chi connectivity index (χ2n) is 4.50. The number of anilines is 1. The van der Waals surface area contributed by atoms with Crippen molar-refractivity contribution >= 4 is 23.2 Å². The number of nitrogens with one attached hydrogen (secondary N) is 1. The van der Waals surface area contributed by atoms with E-state index in [0.717, 1.165) is 12.1 Å². The van der Waals surface area contributed by atoms with E-state index in [9.17, 15) is 23.1 Å². The molecule has 2 rings (SSSR count). The molecule has 0 spiro atoms. The molecule has 0 atom stereocenters. The van der Waals surface area contributed by atoms with Gasteiger partial charge in [0.1, 0.15) is 0 Å². The Bertz CT molecular complexity index is 719. The number of para-hydroxylation sites is 2. The van der Waals surface area contributed by atoms with E-state index in [1.165, 1.54) is 18.2 Å². The molecule has 0 aromatic heterocycles. The number of benzene rings is 2. The van der Waals surface area contributed by atoms with Crippen molar-refractivity contribution in [1.29, 1.82) is 0 Å². The largest absolute Gasteiger partial charge is 0.504 e. The van der Waals surface area contributed by atoms with Crippen LogP contribution in [0, 0.1) is 0 Å². The number of rotatable bonds is 4. The van der Waals surface area contributed by atoms with E-state index < -0.39 is 29.3 Å². The van der Waals surface area contributed by atoms with Crippen molar-refractivity contribution in [3.8, 4) is 11.5 Å². The first kappa shape index (κ1) is 17.0. The second-order valence-corrected chi connectivity index (χ2v) is 4.90. The minimum atomic E-state index is -4.62. The molecular weight excluding hydrogens is 335 g/mol. The smallest absolute Gasteiger partial charge is 0.417 e. The Hall–Kier alpha value is -2.41. The molecule has 23 heavy (non-hydrogen) atoms. The molecule has 0 aliphatic heterocycles. The topological polar surface area (TPSA) is 58.6 Å². The Morgan fingerprint density at radius 2 is 1.91 bits per heavy atom. The zero-order chi connectivity index (χ0) is 17.0. The lowest BCUT2D eigenvalue weighted by Gasteiger charge is -2.12. The number of phenols is 1. The van der Waals surface area contributed by atoms with Gasteiger partial charge in [-0.05, 0) is 30.3 Å². The lowest BCUT2D eigenvalue weighted by atomic mass is 10.2. The predicted octanol–water partition coefficient (Wildman–Crippen LogP) is 4.08. The van der Waals surface area contributed by atoms with Gasteiger partial charge in [0.15, 0.2) is 18.1 Å². The van der Waals surface area contributed by atoms with Crippen molar-refractivity contribution in [3.63, 3.8) is 0 Å². The molecule has 0 bridgehead atoms. The van der Waals surface area contributed by atoms with Crippen molar-refractivity contribution in [3.05, 3.63) is 53.1 Å². The van der Waals surface area contributed by atoms with Crippen LogP contribution >= 0.6 is 11.6 Å². The molecule has 1 amide bonds. The molecule has 0 unspecified atom stereocenters. The summed E-state index contributed by atoms with van der Waals surface area (Å²) in [6.45, 7) is -0.471. The maximum atomic E-state index is 12.7. The SMILES string of the molecule is O=C(COc1ccccc1O)Nc1ccc(Cl)c(C(F)(F)F)c1. The van der Waals surface area contributed by atoms with Crippen LogP contribution in [0.3, 0.4) is 0 Å². The number of aromatic hydroxyl groups is 1. The molecular formula is C15H11ClF3NO3. The highest BCUT2D eigenvalue weighted by molar-refractivity contribution is 6.31. The van der Waals surface area contributed by atoms with Crippen LogP contribution in [0.1, 0.15) is 5.56 Å². The molecule has 122 valence electrons. The van der Waals surface area contributed by atoms with Crippen molar-refractivity contribution in [2.45, 2.75) is 6.18 Å². The third-order valence-electron chi connectivity index (χ3n) is 2.78. The molecule has 4 nitrogen and oxygen atoms in total. The Morgan fingerprint density at radius 3 is 2.57 bits per heavy atom. The van der Waals surface area contributed by atoms with Gasteiger partial charge in [-0.3, -0.25) is 4.79 Å². The van der Waals surface area contributed by atoms with Gasteiger partial charge < -0.3 is 15.2 Å². The van der Waals surface area contributed by atoms with Crippen LogP contribution in [-0.4, -0.2) is 17.6 Å². The van der Waals surface area contributed by atoms with E-state index in [-0.39, 0.29) is 17.2 Å². The number of halogens is 4. The molecule has 0 aliphatic rings. The van der Waals surface area contributed by atoms with Crippen molar-refractivity contribution in [2.24, 2.45) is 0 Å². The van der Waals surface area contributed by atoms with Gasteiger partial charge in [-0.25, -0.2) is 0 Å². The van der Waals surface area contributed by atoms with Gasteiger partial charge in [0.2, 0.25) is 0 Å². The third kappa shape index (κ3) is 4.53. The molecule has 2 aromatic rings. The Labute approximate surface area is 134 Å². The maximum Gasteiger partial charge on any atom is 0.417 e. The monoisotopic (exact) mass is 345 g/mol. The van der Waals surface area contributed by atoms with Crippen molar-refractivity contribution in [2.75, 3.05) is 11.9 Å². The summed E-state index contributed by atoms with van der Waals surface area (Å²) in [5.74, 6) is -0.732. The number of hydrogen-bond donors (Lipinski definition) is 2. The van der Waals surface area contributed by atoms with E-state index in [2.05, 4.69) is 5.32 Å². The zero-order valence-electron chi connectivity index (χ0n) is 11.5. The number of hydrogen-bond acceptors (Lipinski definition) is 3. The average Bonchev–Trinajstić information content (AvgIpc) is 2.47. The summed E-state index contributed by atoms with van der Waals surface area (Å²) in [5, 5.41) is 11.3. The Balaban J connectivity index is 2.02. The Morgan fingerprint density at radius 1 is 1.22 bits per heavy atom. The van der Waals surface area contributed by atoms with Gasteiger partial charge in [0.05, 0.1) is 10.6 Å². The summed E-state index contributed by atoms with van der Waals surface area (Å²) in [4.78, 5) is 11.7. The number of alkyl halides is 3. The number of ether oxygens (including phenoxy) is 1. The summed E-state index contributed by atoms with van der Waals surface area (Å²) in [6.07, 6.45) is -4.62. The summed E-state index contributed by atoms with van der Waals surface area (Å²) in [5.41, 5.74) is -1.11. The molecule has 0 fully saturated rings. The first-order valence-electron chi connectivity index (χ1n) is 6.35. The third-order valence-corrected chi connectivity index (χ3v) is 3.11. The standard InChI is InChI=1S/C15H11ClF3NO3/c16-11-6-5-9(7-10(11)15(17,18)19)20-14(22)8-23-13-4-2-1-3-12(13)21/h1-7,21H,8H2,(H,20,22). The molecule has 0 aliphatic carbocycles. The van der Waals surface area contributed by atoms with E-state index in [0.29, 0.717) is 0 Å². The highest BCUT2D eigenvalue weighted by Gasteiger charge is 2.33. The average molecular weight is 346 g/mol. The highest BCUT2D eigenvalue weighted by atomic mass is 35.5. The quantitative estimate of drug-likeness (QED) is 0.877. The lowest BCUT2D eigenvalue weighted by Crippen LogP contribution is -2.20. The van der Waals surface area contributed by atoms with Crippen LogP contribution in [0.25, 0.3) is 0 Å². The molecule has 2 N–H and O–H groups in total. The summed E-state index contributed by atoms with van der Waals surface area (Å²) in [7, 11) is 0. The zero-order valence-corrected chi connectivity index (χ0v) is 12.3. The molecule has 0 heterocycles. The van der Waals surface area contributed by atoms with Gasteiger partial charge >= 0.3 is 6.18 Å². The first-order chi connectivity index (χ1) is 10.8. The van der Waals surface area contributed by atoms with Gasteiger partial charge in [0, 0.05) is 5.69 Å². The van der Waals surface area contributed by atoms with Gasteiger partial charge in [-0.2, -0.15) is 13.2 Å². The van der Waals surface area contributed by atoms with Crippen molar-refractivity contribution in [1.82, 2.24) is 0 Å². The van der Waals surface area contributed by atoms with Crippen LogP contribution in [-0.2, 0) is 11.0 Å². The van der Waals surface area contributed by atoms with E-state index in [1.54, 1.807) is 12.1 Å². The number of amides is 1. The second kappa shape index (κ2) is 6.78. The van der Waals surface area contributed by atoms with Crippen LogP contribution < -0.4 is 10.1 Å². The highest BCUT2D eigenvalue weighted by Crippen LogP contribution is 2.36. The van der Waals surface area contributed by atoms with E-state index >= 15 is 0 Å². The lowest BCUT2D eigenvalue weighted by molar-refractivity contribution is -0.137. The number of carbonyl (C=O) groups excluding carboxylic acids is 1. The fraction of sp³-hybridized carbons (Fsp3) is 0.133. The normalized spacial score (nSPS) is 11.1. The summed E-state index contributed by atoms with van der Waals surface area (Å²) >= 11 is 5.49. The molecule has 0 radical (unpaired) electrons. The van der Waals surface area contributed by atoms with Crippen LogP contribution in [0.15, 0.2) is 42.5 Å². The van der Waals surface area contributed by atoms with Crippen LogP contribution in [0.2, 0.25) is 5.02 Å². The van der Waals surface area contributed by atoms with Gasteiger partial charge in [0.25, 0.3) is 5.91 Å². The number of carbonyl (C=O) groups is 1. The fourth-order valence-electron chi connectivity index (χ4n) is 1.74. The molecule has 2 aromatic carbocycles. The van der Waals surface area contributed by atoms with Gasteiger partial charge in [-0.15, -0.1) is 0 Å². The summed E-state index contributed by atoms with van der Waals surface area (Å²) in [6, 6.07) is 9.03. The predicted molar refractivity (Wildman–Crippen MR) is 78.7 cm³/mol. The first-order valence-corrected chi connectivity index (χ1v) is 6.72. The number of phenolic OH excluding ortho intramolecular Hbond substituents is 1. The van der Waals surface area contributed by atoms with E-state index in [1.807, 2.05) is 0 Å². The van der Waals surface area contributed by atoms with Crippen LogP contribution in [0.5, 0.6) is 11.5 Å². The minimum Gasteiger partial charge on any atom is -0.504 e. The summed E-state index contributed by atoms with van der Waals surface area (Å²) < 4.78 is 43.3. The van der Waals surface area contributed by atoms with Gasteiger partial charge in [-0.1, -0.05) is 23.7 Å². The fourth-order valence-corrected chi connectivity index (χ4v) is 1.96. The van der Waals surface area contributed by atoms with Crippen molar-refractivity contribution < 1.29 is 27.8 Å². The van der Waals surface area contributed by atoms with E-state index in [4.69, 9.17) is 16.3 Å². The molecule has 0 saturated carbocycles. The minimum absolute atomic E-state index is 0.0624. The molecule has 8 heteroatoms.